The van der Waals surface area contributed by atoms with Crippen LogP contribution in [-0.2, 0) is 6.54 Å². The van der Waals surface area contributed by atoms with Crippen LogP contribution in [0.25, 0.3) is 11.0 Å². The number of halogens is 1. The molecule has 1 aromatic heterocycles. The molecule has 1 saturated carbocycles. The standard InChI is InChI=1S/C33H31FN4O/c1-2-6-24-19-26(13-14-28(24)31(35)25-7-5-8-27(34)20-25)33(39)37-17-15-23(16-18-37)32-36-29-9-3-4-10-30(29)38(32)21-22-11-12-22/h3-5,7-10,13-14,19-20,22-23,35H,11-12,15-18,21H2,1H3. The molecule has 0 atom stereocenters. The fourth-order valence-electron chi connectivity index (χ4n) is 5.61. The van der Waals surface area contributed by atoms with E-state index in [4.69, 9.17) is 10.4 Å². The smallest absolute Gasteiger partial charge is 0.253 e. The summed E-state index contributed by atoms with van der Waals surface area (Å²) in [5.74, 6) is 7.77. The Morgan fingerprint density at radius 1 is 1.00 bits per heavy atom. The number of hydrogen-bond donors (Lipinski definition) is 1. The van der Waals surface area contributed by atoms with Gasteiger partial charge in [0.2, 0.25) is 0 Å². The molecule has 1 aliphatic heterocycles. The molecule has 196 valence electrons. The van der Waals surface area contributed by atoms with Crippen molar-refractivity contribution in [3.05, 3.63) is 101 Å². The van der Waals surface area contributed by atoms with Gasteiger partial charge in [0.15, 0.2) is 0 Å². The minimum Gasteiger partial charge on any atom is -0.339 e. The molecule has 6 rings (SSSR count). The van der Waals surface area contributed by atoms with Gasteiger partial charge < -0.3 is 9.47 Å². The summed E-state index contributed by atoms with van der Waals surface area (Å²) in [6.45, 7) is 4.11. The summed E-state index contributed by atoms with van der Waals surface area (Å²) in [4.78, 5) is 20.5. The molecule has 1 N–H and O–H groups in total. The van der Waals surface area contributed by atoms with Crippen molar-refractivity contribution in [2.45, 2.75) is 45.1 Å². The van der Waals surface area contributed by atoms with E-state index in [1.54, 1.807) is 37.3 Å². The number of nitrogens with one attached hydrogen (secondary N) is 1. The maximum Gasteiger partial charge on any atom is 0.253 e. The summed E-state index contributed by atoms with van der Waals surface area (Å²) in [7, 11) is 0. The number of hydrogen-bond acceptors (Lipinski definition) is 3. The highest BCUT2D eigenvalue weighted by Crippen LogP contribution is 2.36. The van der Waals surface area contributed by atoms with Crippen LogP contribution in [0.4, 0.5) is 4.39 Å². The first-order valence-corrected chi connectivity index (χ1v) is 13.7. The number of piperidine rings is 1. The van der Waals surface area contributed by atoms with Crippen molar-refractivity contribution in [3.8, 4) is 11.8 Å². The van der Waals surface area contributed by atoms with E-state index >= 15 is 0 Å². The molecule has 1 amide bonds. The van der Waals surface area contributed by atoms with E-state index < -0.39 is 5.82 Å². The summed E-state index contributed by atoms with van der Waals surface area (Å²) in [6, 6.07) is 19.7. The number of carbonyl (C=O) groups is 1. The predicted molar refractivity (Wildman–Crippen MR) is 152 cm³/mol. The number of amides is 1. The van der Waals surface area contributed by atoms with Gasteiger partial charge in [0, 0.05) is 47.8 Å². The van der Waals surface area contributed by atoms with E-state index in [1.807, 2.05) is 11.0 Å². The zero-order valence-corrected chi connectivity index (χ0v) is 22.1. The van der Waals surface area contributed by atoms with E-state index in [0.29, 0.717) is 41.3 Å². The highest BCUT2D eigenvalue weighted by atomic mass is 19.1. The molecule has 1 saturated heterocycles. The molecule has 39 heavy (non-hydrogen) atoms. The minimum atomic E-state index is -0.390. The van der Waals surface area contributed by atoms with Crippen LogP contribution in [-0.4, -0.2) is 39.2 Å². The Kier molecular flexibility index (Phi) is 6.74. The van der Waals surface area contributed by atoms with Gasteiger partial charge in [-0.25, -0.2) is 9.37 Å². The van der Waals surface area contributed by atoms with Crippen LogP contribution in [0.15, 0.2) is 66.7 Å². The van der Waals surface area contributed by atoms with Crippen molar-refractivity contribution in [1.82, 2.24) is 14.5 Å². The highest BCUT2D eigenvalue weighted by Gasteiger charge is 2.30. The molecule has 4 aromatic rings. The van der Waals surface area contributed by atoms with Crippen molar-refractivity contribution in [2.75, 3.05) is 13.1 Å². The number of aromatic nitrogens is 2. The lowest BCUT2D eigenvalue weighted by atomic mass is 9.93. The number of rotatable bonds is 6. The molecule has 6 heteroatoms. The van der Waals surface area contributed by atoms with Crippen LogP contribution in [0, 0.1) is 29.0 Å². The third-order valence-electron chi connectivity index (χ3n) is 7.88. The van der Waals surface area contributed by atoms with Gasteiger partial charge in [-0.2, -0.15) is 0 Å². The second kappa shape index (κ2) is 10.5. The summed E-state index contributed by atoms with van der Waals surface area (Å²) < 4.78 is 16.2. The maximum absolute atomic E-state index is 13.8. The summed E-state index contributed by atoms with van der Waals surface area (Å²) in [6.07, 6.45) is 4.35. The van der Waals surface area contributed by atoms with Crippen molar-refractivity contribution in [2.24, 2.45) is 5.92 Å². The number of benzene rings is 3. The number of imidazole rings is 1. The van der Waals surface area contributed by atoms with Gasteiger partial charge in [-0.15, -0.1) is 5.92 Å². The quantitative estimate of drug-likeness (QED) is 0.237. The molecule has 2 fully saturated rings. The predicted octanol–water partition coefficient (Wildman–Crippen LogP) is 6.39. The molecule has 1 aliphatic carbocycles. The van der Waals surface area contributed by atoms with Crippen LogP contribution >= 0.6 is 0 Å². The first kappa shape index (κ1) is 25.1. The minimum absolute atomic E-state index is 0.0251. The SMILES string of the molecule is CC#Cc1cc(C(=O)N2CCC(c3nc4ccccc4n3CC3CC3)CC2)ccc1C(=N)c1cccc(F)c1. The van der Waals surface area contributed by atoms with E-state index in [2.05, 4.69) is 34.6 Å². The Labute approximate surface area is 228 Å². The molecule has 5 nitrogen and oxygen atoms in total. The van der Waals surface area contributed by atoms with E-state index in [-0.39, 0.29) is 11.6 Å². The largest absolute Gasteiger partial charge is 0.339 e. The number of nitrogens with zero attached hydrogens (tertiary/aromatic N) is 3. The fraction of sp³-hybridized carbons (Fsp3) is 0.303. The first-order valence-electron chi connectivity index (χ1n) is 13.7. The molecular formula is C33H31FN4O. The maximum atomic E-state index is 13.8. The van der Waals surface area contributed by atoms with Crippen LogP contribution in [0.5, 0.6) is 0 Å². The second-order valence-electron chi connectivity index (χ2n) is 10.6. The molecular weight excluding hydrogens is 487 g/mol. The number of likely N-dealkylation sites (tertiary alicyclic amines) is 1. The van der Waals surface area contributed by atoms with Crippen LogP contribution in [0.1, 0.15) is 71.4 Å². The van der Waals surface area contributed by atoms with Crippen LogP contribution in [0.3, 0.4) is 0 Å². The Morgan fingerprint density at radius 2 is 1.79 bits per heavy atom. The molecule has 0 radical (unpaired) electrons. The molecule has 2 heterocycles. The third kappa shape index (κ3) is 5.09. The van der Waals surface area contributed by atoms with E-state index in [0.717, 1.165) is 36.6 Å². The van der Waals surface area contributed by atoms with Gasteiger partial charge in [0.05, 0.1) is 16.7 Å². The van der Waals surface area contributed by atoms with Gasteiger partial charge in [-0.1, -0.05) is 36.3 Å². The molecule has 0 unspecified atom stereocenters. The zero-order valence-electron chi connectivity index (χ0n) is 22.1. The average molecular weight is 519 g/mol. The summed E-state index contributed by atoms with van der Waals surface area (Å²) >= 11 is 0. The molecule has 3 aromatic carbocycles. The van der Waals surface area contributed by atoms with Gasteiger partial charge in [0.1, 0.15) is 11.6 Å². The van der Waals surface area contributed by atoms with Crippen molar-refractivity contribution >= 4 is 22.7 Å². The number of carbonyl (C=O) groups excluding carboxylic acids is 1. The lowest BCUT2D eigenvalue weighted by Crippen LogP contribution is -2.38. The normalized spacial score (nSPS) is 15.7. The number of para-hydroxylation sites is 2. The van der Waals surface area contributed by atoms with Gasteiger partial charge in [-0.3, -0.25) is 10.2 Å². The Bertz CT molecular complexity index is 1630. The Hall–Kier alpha value is -4.24. The van der Waals surface area contributed by atoms with Crippen molar-refractivity contribution in [3.63, 3.8) is 0 Å². The molecule has 0 bridgehead atoms. The topological polar surface area (TPSA) is 62.0 Å². The summed E-state index contributed by atoms with van der Waals surface area (Å²) in [5.41, 5.74) is 4.67. The lowest BCUT2D eigenvalue weighted by molar-refractivity contribution is 0.0710. The summed E-state index contributed by atoms with van der Waals surface area (Å²) in [5, 5.41) is 8.63. The van der Waals surface area contributed by atoms with Crippen molar-refractivity contribution < 1.29 is 9.18 Å². The average Bonchev–Trinajstić information content (AvgIpc) is 3.72. The third-order valence-corrected chi connectivity index (χ3v) is 7.88. The van der Waals surface area contributed by atoms with E-state index in [9.17, 15) is 9.18 Å². The van der Waals surface area contributed by atoms with Gasteiger partial charge in [-0.05, 0) is 74.9 Å². The lowest BCUT2D eigenvalue weighted by Gasteiger charge is -2.32. The van der Waals surface area contributed by atoms with Crippen LogP contribution in [0.2, 0.25) is 0 Å². The monoisotopic (exact) mass is 518 g/mol. The van der Waals surface area contributed by atoms with Gasteiger partial charge >= 0.3 is 0 Å². The second-order valence-corrected chi connectivity index (χ2v) is 10.6. The first-order chi connectivity index (χ1) is 19.0. The highest BCUT2D eigenvalue weighted by molar-refractivity contribution is 6.12. The van der Waals surface area contributed by atoms with Gasteiger partial charge in [0.25, 0.3) is 5.91 Å². The Balaban J connectivity index is 1.20. The molecule has 0 spiro atoms. The molecule has 2 aliphatic rings. The Morgan fingerprint density at radius 3 is 2.54 bits per heavy atom. The van der Waals surface area contributed by atoms with E-state index in [1.165, 1.54) is 30.5 Å². The number of fused-ring (bicyclic) bond motifs is 1. The fourth-order valence-corrected chi connectivity index (χ4v) is 5.61. The zero-order chi connectivity index (χ0) is 26.9. The van der Waals surface area contributed by atoms with Crippen molar-refractivity contribution in [1.29, 1.82) is 5.41 Å². The van der Waals surface area contributed by atoms with Crippen LogP contribution < -0.4 is 0 Å².